The molecule has 0 heterocycles. The van der Waals surface area contributed by atoms with Crippen molar-refractivity contribution in [2.24, 2.45) is 5.10 Å². The molecule has 0 radical (unpaired) electrons. The van der Waals surface area contributed by atoms with E-state index in [2.05, 4.69) is 17.1 Å². The van der Waals surface area contributed by atoms with Crippen molar-refractivity contribution >= 4 is 27.8 Å². The van der Waals surface area contributed by atoms with Gasteiger partial charge in [0.2, 0.25) is 0 Å². The Labute approximate surface area is 212 Å². The number of rotatable bonds is 10. The van der Waals surface area contributed by atoms with E-state index in [0.29, 0.717) is 28.3 Å². The summed E-state index contributed by atoms with van der Waals surface area (Å²) in [6.07, 6.45) is -1.76. The number of alkyl halides is 3. The Morgan fingerprint density at radius 2 is 1.76 bits per heavy atom. The number of hydrogen-bond acceptors (Lipinski definition) is 5. The number of carbonyl (C=O) groups is 1. The maximum Gasteiger partial charge on any atom is 0.416 e. The van der Waals surface area contributed by atoms with Gasteiger partial charge in [0.15, 0.2) is 0 Å². The number of hydrogen-bond donors (Lipinski definition) is 1. The minimum atomic E-state index is -4.70. The van der Waals surface area contributed by atoms with Crippen LogP contribution in [0.4, 0.5) is 18.9 Å². The number of aryl methyl sites for hydroxylation is 1. The van der Waals surface area contributed by atoms with Crippen molar-refractivity contribution in [1.29, 1.82) is 0 Å². The first-order valence-corrected chi connectivity index (χ1v) is 12.4. The predicted octanol–water partition coefficient (Wildman–Crippen LogP) is 4.92. The van der Waals surface area contributed by atoms with Gasteiger partial charge in [-0.05, 0) is 67.1 Å². The summed E-state index contributed by atoms with van der Waals surface area (Å²) in [5, 5.41) is 3.82. The molecular weight excluding hydrogens is 507 g/mol. The lowest BCUT2D eigenvalue weighted by molar-refractivity contribution is -0.137. The van der Waals surface area contributed by atoms with E-state index >= 15 is 0 Å². The maximum absolute atomic E-state index is 13.4. The van der Waals surface area contributed by atoms with Gasteiger partial charge in [-0.25, -0.2) is 13.8 Å². The first-order valence-electron chi connectivity index (χ1n) is 10.9. The third-order valence-electron chi connectivity index (χ3n) is 5.01. The topological polar surface area (TPSA) is 88.1 Å². The third-order valence-corrected chi connectivity index (χ3v) is 6.80. The van der Waals surface area contributed by atoms with Crippen LogP contribution in [0.15, 0.2) is 95.4 Å². The average Bonchev–Trinajstić information content (AvgIpc) is 2.86. The zero-order valence-corrected chi connectivity index (χ0v) is 20.6. The van der Waals surface area contributed by atoms with Crippen LogP contribution < -0.4 is 14.5 Å². The molecule has 0 aliphatic heterocycles. The van der Waals surface area contributed by atoms with Crippen molar-refractivity contribution in [3.05, 3.63) is 102 Å². The fraction of sp³-hybridized carbons (Fsp3) is 0.154. The van der Waals surface area contributed by atoms with E-state index in [-0.39, 0.29) is 10.6 Å². The molecule has 3 aromatic rings. The number of hydrazone groups is 1. The Balaban J connectivity index is 1.83. The molecule has 0 atom stereocenters. The largest absolute Gasteiger partial charge is 0.490 e. The Hall–Kier alpha value is -4.12. The summed E-state index contributed by atoms with van der Waals surface area (Å²) in [6.45, 7) is 4.86. The van der Waals surface area contributed by atoms with Gasteiger partial charge < -0.3 is 4.74 Å². The van der Waals surface area contributed by atoms with E-state index < -0.39 is 34.2 Å². The number of sulfonamides is 1. The predicted molar refractivity (Wildman–Crippen MR) is 135 cm³/mol. The van der Waals surface area contributed by atoms with Crippen LogP contribution in [0.5, 0.6) is 5.75 Å². The number of nitrogens with zero attached hydrogens (tertiary/aromatic N) is 2. The van der Waals surface area contributed by atoms with Crippen molar-refractivity contribution < 1.29 is 31.1 Å². The minimum Gasteiger partial charge on any atom is -0.490 e. The van der Waals surface area contributed by atoms with Crippen LogP contribution in [0.1, 0.15) is 16.7 Å². The van der Waals surface area contributed by atoms with E-state index in [4.69, 9.17) is 4.74 Å². The molecule has 0 unspecified atom stereocenters. The molecule has 1 N–H and O–H groups in total. The van der Waals surface area contributed by atoms with Gasteiger partial charge in [0.25, 0.3) is 15.9 Å². The Morgan fingerprint density at radius 1 is 1.08 bits per heavy atom. The van der Waals surface area contributed by atoms with E-state index in [0.717, 1.165) is 17.7 Å². The normalized spacial score (nSPS) is 11.8. The molecule has 3 aromatic carbocycles. The minimum absolute atomic E-state index is 0.175. The number of nitrogens with one attached hydrogen (secondary N) is 1. The molecule has 0 bridgehead atoms. The van der Waals surface area contributed by atoms with E-state index in [9.17, 15) is 26.4 Å². The molecule has 1 amide bonds. The molecular formula is C26H24F3N3O4S. The summed E-state index contributed by atoms with van der Waals surface area (Å²) in [5.41, 5.74) is 2.26. The van der Waals surface area contributed by atoms with Crippen LogP contribution in [0, 0.1) is 6.92 Å². The number of ether oxygens (including phenoxy) is 1. The number of amides is 1. The van der Waals surface area contributed by atoms with E-state index in [1.807, 2.05) is 0 Å². The molecule has 0 saturated carbocycles. The molecule has 3 rings (SSSR count). The van der Waals surface area contributed by atoms with Crippen LogP contribution >= 0.6 is 0 Å². The third kappa shape index (κ3) is 7.43. The van der Waals surface area contributed by atoms with Gasteiger partial charge in [-0.15, -0.1) is 0 Å². The van der Waals surface area contributed by atoms with Gasteiger partial charge in [-0.3, -0.25) is 9.10 Å². The Morgan fingerprint density at radius 3 is 2.38 bits per heavy atom. The lowest BCUT2D eigenvalue weighted by atomic mass is 10.2. The lowest BCUT2D eigenvalue weighted by Crippen LogP contribution is -2.39. The highest BCUT2D eigenvalue weighted by atomic mass is 32.2. The van der Waals surface area contributed by atoms with E-state index in [1.54, 1.807) is 49.4 Å². The molecule has 0 fully saturated rings. The number of anilines is 1. The van der Waals surface area contributed by atoms with Gasteiger partial charge >= 0.3 is 6.18 Å². The fourth-order valence-electron chi connectivity index (χ4n) is 3.14. The highest BCUT2D eigenvalue weighted by Crippen LogP contribution is 2.33. The second-order valence-corrected chi connectivity index (χ2v) is 9.70. The van der Waals surface area contributed by atoms with Crippen LogP contribution in [0.25, 0.3) is 0 Å². The van der Waals surface area contributed by atoms with Crippen molar-refractivity contribution in [2.75, 3.05) is 17.5 Å². The summed E-state index contributed by atoms with van der Waals surface area (Å²) in [5.74, 6) is -0.241. The van der Waals surface area contributed by atoms with Crippen LogP contribution in [-0.4, -0.2) is 33.7 Å². The molecule has 0 spiro atoms. The zero-order chi connectivity index (χ0) is 27.1. The van der Waals surface area contributed by atoms with Crippen molar-refractivity contribution in [1.82, 2.24) is 5.43 Å². The van der Waals surface area contributed by atoms with E-state index in [1.165, 1.54) is 24.4 Å². The van der Waals surface area contributed by atoms with Gasteiger partial charge in [0.05, 0.1) is 22.4 Å². The van der Waals surface area contributed by atoms with Crippen LogP contribution in [0.3, 0.4) is 0 Å². The molecule has 0 saturated heterocycles. The summed E-state index contributed by atoms with van der Waals surface area (Å²) in [7, 11) is -4.39. The molecule has 11 heteroatoms. The van der Waals surface area contributed by atoms with Gasteiger partial charge in [0, 0.05) is 0 Å². The van der Waals surface area contributed by atoms with Crippen molar-refractivity contribution in [3.63, 3.8) is 0 Å². The molecule has 7 nitrogen and oxygen atoms in total. The van der Waals surface area contributed by atoms with Crippen LogP contribution in [-0.2, 0) is 21.0 Å². The Kier molecular flexibility index (Phi) is 8.72. The fourth-order valence-corrected chi connectivity index (χ4v) is 4.55. The first kappa shape index (κ1) is 27.5. The summed E-state index contributed by atoms with van der Waals surface area (Å²) in [4.78, 5) is 12.4. The second-order valence-electron chi connectivity index (χ2n) is 7.83. The number of carbonyl (C=O) groups excluding carboxylic acids is 1. The zero-order valence-electron chi connectivity index (χ0n) is 19.8. The molecule has 37 heavy (non-hydrogen) atoms. The van der Waals surface area contributed by atoms with Gasteiger partial charge in [-0.1, -0.05) is 36.4 Å². The monoisotopic (exact) mass is 531 g/mol. The van der Waals surface area contributed by atoms with Gasteiger partial charge in [0.1, 0.15) is 18.9 Å². The highest BCUT2D eigenvalue weighted by molar-refractivity contribution is 7.92. The van der Waals surface area contributed by atoms with Crippen LogP contribution in [0.2, 0.25) is 0 Å². The molecule has 0 aliphatic rings. The number of benzene rings is 3. The SMILES string of the molecule is C=CCOc1ccc(/C=N/NC(=O)CN(c2cccc(C(F)(F)F)c2)S(=O)(=O)c2ccc(C)cc2)cc1. The van der Waals surface area contributed by atoms with Crippen molar-refractivity contribution in [3.8, 4) is 5.75 Å². The maximum atomic E-state index is 13.4. The Bertz CT molecular complexity index is 1370. The standard InChI is InChI=1S/C26H24F3N3O4S/c1-3-15-36-23-11-9-20(10-12-23)17-30-31-25(33)18-32(22-6-4-5-21(16-22)26(27,28)29)37(34,35)24-13-7-19(2)8-14-24/h3-14,16-17H,1,15,18H2,2H3,(H,31,33)/b30-17+. The quantitative estimate of drug-likeness (QED) is 0.228. The molecule has 0 aromatic heterocycles. The van der Waals surface area contributed by atoms with Crippen molar-refractivity contribution in [2.45, 2.75) is 18.0 Å². The summed E-state index contributed by atoms with van der Waals surface area (Å²) in [6, 6.07) is 16.3. The first-order chi connectivity index (χ1) is 17.5. The summed E-state index contributed by atoms with van der Waals surface area (Å²) >= 11 is 0. The highest BCUT2D eigenvalue weighted by Gasteiger charge is 2.33. The van der Waals surface area contributed by atoms with Gasteiger partial charge in [-0.2, -0.15) is 18.3 Å². The molecule has 194 valence electrons. The second kappa shape index (κ2) is 11.7. The smallest absolute Gasteiger partial charge is 0.416 e. The average molecular weight is 532 g/mol. The lowest BCUT2D eigenvalue weighted by Gasteiger charge is -2.24. The molecule has 0 aliphatic carbocycles. The summed E-state index contributed by atoms with van der Waals surface area (Å²) < 4.78 is 72.6. The number of halogens is 3.